The first-order valence-corrected chi connectivity index (χ1v) is 5.40. The van der Waals surface area contributed by atoms with E-state index < -0.39 is 0 Å². The Hall–Kier alpha value is -1.82. The fourth-order valence-corrected chi connectivity index (χ4v) is 1.63. The molecule has 0 bridgehead atoms. The average Bonchev–Trinajstić information content (AvgIpc) is 2.73. The summed E-state index contributed by atoms with van der Waals surface area (Å²) in [5.74, 6) is 0.697. The van der Waals surface area contributed by atoms with Crippen LogP contribution in [-0.4, -0.2) is 24.9 Å². The van der Waals surface area contributed by atoms with Crippen LogP contribution in [0.2, 0.25) is 0 Å². The molecule has 0 saturated heterocycles. The minimum Gasteiger partial charge on any atom is -0.334 e. The van der Waals surface area contributed by atoms with Crippen molar-refractivity contribution in [3.8, 4) is 11.5 Å². The number of imidazole rings is 1. The van der Waals surface area contributed by atoms with E-state index in [1.54, 1.807) is 12.4 Å². The number of nitrogens with zero attached hydrogens (tertiary/aromatic N) is 4. The maximum absolute atomic E-state index is 4.33. The SMILES string of the molecule is Brc1ccc(-c2nc3ncncc3[nH]2)nc1. The fraction of sp³-hybridized carbons (Fsp3) is 0. The quantitative estimate of drug-likeness (QED) is 0.739. The first-order chi connectivity index (χ1) is 7.83. The van der Waals surface area contributed by atoms with Crippen molar-refractivity contribution in [2.24, 2.45) is 0 Å². The molecule has 1 N–H and O–H groups in total. The van der Waals surface area contributed by atoms with Gasteiger partial charge < -0.3 is 4.98 Å². The van der Waals surface area contributed by atoms with Crippen LogP contribution in [0.5, 0.6) is 0 Å². The molecule has 0 atom stereocenters. The van der Waals surface area contributed by atoms with E-state index in [1.807, 2.05) is 12.1 Å². The monoisotopic (exact) mass is 275 g/mol. The lowest BCUT2D eigenvalue weighted by molar-refractivity contribution is 1.20. The summed E-state index contributed by atoms with van der Waals surface area (Å²) < 4.78 is 0.937. The second-order valence-electron chi connectivity index (χ2n) is 3.21. The van der Waals surface area contributed by atoms with Gasteiger partial charge in [-0.05, 0) is 28.1 Å². The van der Waals surface area contributed by atoms with Crippen LogP contribution in [0.1, 0.15) is 0 Å². The van der Waals surface area contributed by atoms with E-state index in [9.17, 15) is 0 Å². The average molecular weight is 276 g/mol. The fourth-order valence-electron chi connectivity index (χ4n) is 1.40. The standard InChI is InChI=1S/C10H6BrN5/c11-6-1-2-7(13-3-6)10-15-8-4-12-5-14-9(8)16-10/h1-5H,(H,12,14,15,16). The predicted octanol–water partition coefficient (Wildman–Crippen LogP) is 2.18. The molecule has 0 fully saturated rings. The number of nitrogens with one attached hydrogen (secondary N) is 1. The zero-order chi connectivity index (χ0) is 11.0. The number of aromatic amines is 1. The number of aromatic nitrogens is 5. The molecule has 3 aromatic heterocycles. The molecular formula is C10H6BrN5. The molecule has 0 spiro atoms. The van der Waals surface area contributed by atoms with E-state index in [0.29, 0.717) is 11.5 Å². The van der Waals surface area contributed by atoms with Crippen LogP contribution in [-0.2, 0) is 0 Å². The maximum Gasteiger partial charge on any atom is 0.181 e. The van der Waals surface area contributed by atoms with Crippen LogP contribution >= 0.6 is 15.9 Å². The first-order valence-electron chi connectivity index (χ1n) is 4.60. The Morgan fingerprint density at radius 2 is 2.06 bits per heavy atom. The van der Waals surface area contributed by atoms with Gasteiger partial charge in [0.05, 0.1) is 6.20 Å². The van der Waals surface area contributed by atoms with Gasteiger partial charge in [0.25, 0.3) is 0 Å². The van der Waals surface area contributed by atoms with Crippen molar-refractivity contribution in [2.75, 3.05) is 0 Å². The Balaban J connectivity index is 2.15. The summed E-state index contributed by atoms with van der Waals surface area (Å²) in [4.78, 5) is 19.7. The van der Waals surface area contributed by atoms with E-state index in [2.05, 4.69) is 40.8 Å². The van der Waals surface area contributed by atoms with Crippen LogP contribution in [0, 0.1) is 0 Å². The van der Waals surface area contributed by atoms with Crippen LogP contribution in [0.25, 0.3) is 22.7 Å². The van der Waals surface area contributed by atoms with E-state index >= 15 is 0 Å². The molecule has 0 aliphatic carbocycles. The van der Waals surface area contributed by atoms with Gasteiger partial charge in [0.1, 0.15) is 17.5 Å². The normalized spacial score (nSPS) is 10.8. The smallest absolute Gasteiger partial charge is 0.181 e. The summed E-state index contributed by atoms with van der Waals surface area (Å²) in [7, 11) is 0. The van der Waals surface area contributed by atoms with Crippen molar-refractivity contribution < 1.29 is 0 Å². The van der Waals surface area contributed by atoms with Crippen molar-refractivity contribution in [3.05, 3.63) is 35.3 Å². The molecule has 16 heavy (non-hydrogen) atoms. The summed E-state index contributed by atoms with van der Waals surface area (Å²) in [5.41, 5.74) is 2.23. The Morgan fingerprint density at radius 1 is 1.12 bits per heavy atom. The van der Waals surface area contributed by atoms with E-state index in [4.69, 9.17) is 0 Å². The molecule has 0 radical (unpaired) electrons. The first kappa shape index (κ1) is 9.41. The molecule has 0 amide bonds. The van der Waals surface area contributed by atoms with Gasteiger partial charge in [-0.1, -0.05) is 0 Å². The van der Waals surface area contributed by atoms with Crippen molar-refractivity contribution in [2.45, 2.75) is 0 Å². The third-order valence-electron chi connectivity index (χ3n) is 2.13. The van der Waals surface area contributed by atoms with Gasteiger partial charge in [-0.3, -0.25) is 4.98 Å². The lowest BCUT2D eigenvalue weighted by Crippen LogP contribution is -1.84. The number of hydrogen-bond donors (Lipinski definition) is 1. The molecule has 3 heterocycles. The Labute approximate surface area is 99.1 Å². The zero-order valence-electron chi connectivity index (χ0n) is 8.05. The maximum atomic E-state index is 4.33. The van der Waals surface area contributed by atoms with Crippen LogP contribution < -0.4 is 0 Å². The lowest BCUT2D eigenvalue weighted by atomic mass is 10.3. The van der Waals surface area contributed by atoms with Crippen LogP contribution in [0.4, 0.5) is 0 Å². The highest BCUT2D eigenvalue weighted by atomic mass is 79.9. The van der Waals surface area contributed by atoms with Crippen molar-refractivity contribution in [3.63, 3.8) is 0 Å². The van der Waals surface area contributed by atoms with Crippen LogP contribution in [0.15, 0.2) is 35.3 Å². The molecule has 0 aromatic carbocycles. The van der Waals surface area contributed by atoms with Crippen molar-refractivity contribution in [1.29, 1.82) is 0 Å². The van der Waals surface area contributed by atoms with Gasteiger partial charge in [0.2, 0.25) is 0 Å². The number of H-pyrrole nitrogens is 1. The number of hydrogen-bond acceptors (Lipinski definition) is 4. The summed E-state index contributed by atoms with van der Waals surface area (Å²) in [5, 5.41) is 0. The third-order valence-corrected chi connectivity index (χ3v) is 2.60. The summed E-state index contributed by atoms with van der Waals surface area (Å²) >= 11 is 3.34. The van der Waals surface area contributed by atoms with Gasteiger partial charge >= 0.3 is 0 Å². The highest BCUT2D eigenvalue weighted by molar-refractivity contribution is 9.10. The molecule has 0 aliphatic rings. The molecule has 0 aliphatic heterocycles. The predicted molar refractivity (Wildman–Crippen MR) is 62.6 cm³/mol. The molecule has 0 saturated carbocycles. The van der Waals surface area contributed by atoms with E-state index in [0.717, 1.165) is 15.7 Å². The minimum atomic E-state index is 0.648. The Bertz CT molecular complexity index is 598. The second kappa shape index (κ2) is 3.64. The molecule has 78 valence electrons. The molecule has 5 nitrogen and oxygen atoms in total. The largest absolute Gasteiger partial charge is 0.334 e. The van der Waals surface area contributed by atoms with E-state index in [1.165, 1.54) is 6.33 Å². The van der Waals surface area contributed by atoms with Gasteiger partial charge in [-0.25, -0.2) is 15.0 Å². The van der Waals surface area contributed by atoms with Crippen molar-refractivity contribution >= 4 is 27.1 Å². The van der Waals surface area contributed by atoms with E-state index in [-0.39, 0.29) is 0 Å². The second-order valence-corrected chi connectivity index (χ2v) is 4.12. The van der Waals surface area contributed by atoms with Crippen LogP contribution in [0.3, 0.4) is 0 Å². The molecular weight excluding hydrogens is 270 g/mol. The number of pyridine rings is 1. The molecule has 0 unspecified atom stereocenters. The Kier molecular flexibility index (Phi) is 2.14. The topological polar surface area (TPSA) is 67.3 Å². The zero-order valence-corrected chi connectivity index (χ0v) is 9.64. The minimum absolute atomic E-state index is 0.648. The third kappa shape index (κ3) is 1.57. The Morgan fingerprint density at radius 3 is 2.81 bits per heavy atom. The number of rotatable bonds is 1. The molecule has 6 heteroatoms. The van der Waals surface area contributed by atoms with Gasteiger partial charge in [-0.15, -0.1) is 0 Å². The number of halogens is 1. The molecule has 3 aromatic rings. The van der Waals surface area contributed by atoms with Crippen molar-refractivity contribution in [1.82, 2.24) is 24.9 Å². The summed E-state index contributed by atoms with van der Waals surface area (Å²) in [6.45, 7) is 0. The lowest BCUT2D eigenvalue weighted by Gasteiger charge is -1.94. The number of fused-ring (bicyclic) bond motifs is 1. The van der Waals surface area contributed by atoms with Gasteiger partial charge in [-0.2, -0.15) is 0 Å². The van der Waals surface area contributed by atoms with Gasteiger partial charge in [0, 0.05) is 10.7 Å². The highest BCUT2D eigenvalue weighted by Crippen LogP contribution is 2.18. The summed E-state index contributed by atoms with van der Waals surface area (Å²) in [6.07, 6.45) is 4.90. The summed E-state index contributed by atoms with van der Waals surface area (Å²) in [6, 6.07) is 3.80. The highest BCUT2D eigenvalue weighted by Gasteiger charge is 2.06. The molecule has 3 rings (SSSR count). The van der Waals surface area contributed by atoms with Gasteiger partial charge in [0.15, 0.2) is 11.5 Å².